The van der Waals surface area contributed by atoms with Gasteiger partial charge in [0.15, 0.2) is 0 Å². The lowest BCUT2D eigenvalue weighted by Gasteiger charge is -2.25. The summed E-state index contributed by atoms with van der Waals surface area (Å²) in [4.78, 5) is 19.7. The number of aromatic nitrogens is 4. The minimum Gasteiger partial charge on any atom is -0.477 e. The smallest absolute Gasteiger partial charge is 0.354 e. The molecule has 8 heteroatoms. The number of fused-ring (bicyclic) bond motifs is 1. The van der Waals surface area contributed by atoms with E-state index >= 15 is 0 Å². The van der Waals surface area contributed by atoms with Gasteiger partial charge in [-0.25, -0.2) is 19.3 Å². The van der Waals surface area contributed by atoms with Crippen molar-refractivity contribution >= 4 is 17.4 Å². The van der Waals surface area contributed by atoms with Gasteiger partial charge in [0.05, 0.1) is 17.8 Å². The molecule has 3 N–H and O–H groups in total. The Labute approximate surface area is 175 Å². The molecule has 0 saturated heterocycles. The van der Waals surface area contributed by atoms with E-state index in [-0.39, 0.29) is 17.8 Å². The second kappa shape index (κ2) is 8.39. The first-order valence-electron chi connectivity index (χ1n) is 10.5. The second-order valence-electron chi connectivity index (χ2n) is 8.06. The number of aliphatic hydroxyl groups excluding tert-OH is 1. The summed E-state index contributed by atoms with van der Waals surface area (Å²) < 4.78 is 1.94. The van der Waals surface area contributed by atoms with Crippen molar-refractivity contribution in [1.82, 2.24) is 19.6 Å². The number of carboxylic acid groups (broad SMARTS) is 1. The first-order chi connectivity index (χ1) is 14.5. The van der Waals surface area contributed by atoms with E-state index in [0.29, 0.717) is 11.9 Å². The number of carbonyl (C=O) groups is 1. The van der Waals surface area contributed by atoms with Crippen molar-refractivity contribution in [1.29, 1.82) is 0 Å². The van der Waals surface area contributed by atoms with Crippen LogP contribution in [0.15, 0.2) is 30.6 Å². The number of carboxylic acids is 1. The molecule has 0 aromatic carbocycles. The highest BCUT2D eigenvalue weighted by Crippen LogP contribution is 2.37. The summed E-state index contributed by atoms with van der Waals surface area (Å²) in [6, 6.07) is 5.65. The molecule has 1 fully saturated rings. The van der Waals surface area contributed by atoms with Gasteiger partial charge in [-0.15, -0.1) is 5.10 Å². The average molecular weight is 409 g/mol. The van der Waals surface area contributed by atoms with Crippen molar-refractivity contribution in [2.24, 2.45) is 0 Å². The maximum Gasteiger partial charge on any atom is 0.354 e. The standard InChI is InChI=1S/C22H27N5O3/c1-3-13(2)25-22-24-12-20-17(15-6-9-18(21(29)30)23-11-15)10-19(27(20)26-22)14-4-7-16(28)8-5-14/h6,9-14,16,28H,3-5,7-8H2,1-2H3,(H,25,26)(H,29,30)/t13-,14?,16?/m0/s1. The minimum absolute atomic E-state index is 0.0139. The van der Waals surface area contributed by atoms with Crippen LogP contribution in [-0.4, -0.2) is 47.9 Å². The molecule has 1 saturated carbocycles. The highest BCUT2D eigenvalue weighted by Gasteiger charge is 2.25. The molecule has 3 aromatic rings. The molecule has 0 amide bonds. The lowest BCUT2D eigenvalue weighted by molar-refractivity contribution is 0.0690. The van der Waals surface area contributed by atoms with Crippen LogP contribution in [0.25, 0.3) is 16.6 Å². The third kappa shape index (κ3) is 4.00. The predicted molar refractivity (Wildman–Crippen MR) is 114 cm³/mol. The Hall–Kier alpha value is -3.00. The van der Waals surface area contributed by atoms with Gasteiger partial charge in [-0.2, -0.15) is 0 Å². The average Bonchev–Trinajstić information content (AvgIpc) is 3.13. The first kappa shape index (κ1) is 20.3. The number of aromatic carboxylic acids is 1. The Balaban J connectivity index is 1.79. The Morgan fingerprint density at radius 1 is 1.23 bits per heavy atom. The number of anilines is 1. The minimum atomic E-state index is -1.05. The van der Waals surface area contributed by atoms with Crippen molar-refractivity contribution in [2.45, 2.75) is 64.0 Å². The molecule has 158 valence electrons. The number of nitrogens with zero attached hydrogens (tertiary/aromatic N) is 4. The summed E-state index contributed by atoms with van der Waals surface area (Å²) in [5, 5.41) is 27.1. The van der Waals surface area contributed by atoms with E-state index in [1.54, 1.807) is 18.5 Å². The van der Waals surface area contributed by atoms with Gasteiger partial charge < -0.3 is 15.5 Å². The number of hydrogen-bond donors (Lipinski definition) is 3. The molecular weight excluding hydrogens is 382 g/mol. The summed E-state index contributed by atoms with van der Waals surface area (Å²) in [6.07, 6.45) is 7.50. The molecule has 4 rings (SSSR count). The molecule has 3 aromatic heterocycles. The molecule has 1 atom stereocenters. The Morgan fingerprint density at radius 2 is 2.00 bits per heavy atom. The molecule has 1 aliphatic rings. The zero-order valence-electron chi connectivity index (χ0n) is 17.2. The summed E-state index contributed by atoms with van der Waals surface area (Å²) in [7, 11) is 0. The second-order valence-corrected chi connectivity index (χ2v) is 8.06. The van der Waals surface area contributed by atoms with Gasteiger partial charge in [0, 0.05) is 35.0 Å². The van der Waals surface area contributed by atoms with Gasteiger partial charge in [-0.05, 0) is 51.2 Å². The Bertz CT molecular complexity index is 1040. The molecule has 0 radical (unpaired) electrons. The zero-order valence-corrected chi connectivity index (χ0v) is 17.2. The number of pyridine rings is 1. The highest BCUT2D eigenvalue weighted by molar-refractivity contribution is 5.87. The molecule has 0 spiro atoms. The summed E-state index contributed by atoms with van der Waals surface area (Å²) in [6.45, 7) is 4.20. The number of rotatable bonds is 6. The molecule has 30 heavy (non-hydrogen) atoms. The van der Waals surface area contributed by atoms with E-state index in [4.69, 9.17) is 10.2 Å². The fourth-order valence-corrected chi connectivity index (χ4v) is 3.98. The van der Waals surface area contributed by atoms with Crippen molar-refractivity contribution in [3.05, 3.63) is 42.0 Å². The van der Waals surface area contributed by atoms with Gasteiger partial charge in [-0.1, -0.05) is 13.0 Å². The largest absolute Gasteiger partial charge is 0.477 e. The van der Waals surface area contributed by atoms with Gasteiger partial charge in [0.1, 0.15) is 5.69 Å². The molecular formula is C22H27N5O3. The molecule has 0 aliphatic heterocycles. The van der Waals surface area contributed by atoms with Crippen LogP contribution in [0.4, 0.5) is 5.95 Å². The van der Waals surface area contributed by atoms with E-state index in [2.05, 4.69) is 35.2 Å². The van der Waals surface area contributed by atoms with Crippen LogP contribution in [0.1, 0.15) is 68.1 Å². The summed E-state index contributed by atoms with van der Waals surface area (Å²) in [5.41, 5.74) is 3.71. The molecule has 0 unspecified atom stereocenters. The third-order valence-corrected chi connectivity index (χ3v) is 5.94. The van der Waals surface area contributed by atoms with Crippen molar-refractivity contribution < 1.29 is 15.0 Å². The lowest BCUT2D eigenvalue weighted by atomic mass is 9.85. The van der Waals surface area contributed by atoms with Crippen molar-refractivity contribution in [3.8, 4) is 11.1 Å². The maximum atomic E-state index is 11.1. The quantitative estimate of drug-likeness (QED) is 0.569. The van der Waals surface area contributed by atoms with Gasteiger partial charge >= 0.3 is 5.97 Å². The van der Waals surface area contributed by atoms with Gasteiger partial charge in [0.25, 0.3) is 0 Å². The van der Waals surface area contributed by atoms with E-state index in [0.717, 1.165) is 54.4 Å². The predicted octanol–water partition coefficient (Wildman–Crippen LogP) is 3.72. The van der Waals surface area contributed by atoms with E-state index < -0.39 is 5.97 Å². The maximum absolute atomic E-state index is 11.1. The van der Waals surface area contributed by atoms with E-state index in [9.17, 15) is 9.90 Å². The van der Waals surface area contributed by atoms with Crippen molar-refractivity contribution in [2.75, 3.05) is 5.32 Å². The molecule has 3 heterocycles. The summed E-state index contributed by atoms with van der Waals surface area (Å²) in [5.74, 6) is -0.170. The van der Waals surface area contributed by atoms with E-state index in [1.807, 2.05) is 4.52 Å². The Kier molecular flexibility index (Phi) is 5.67. The highest BCUT2D eigenvalue weighted by atomic mass is 16.4. The normalized spacial score (nSPS) is 20.2. The lowest BCUT2D eigenvalue weighted by Crippen LogP contribution is -2.19. The van der Waals surface area contributed by atoms with E-state index in [1.165, 1.54) is 6.07 Å². The third-order valence-electron chi connectivity index (χ3n) is 5.94. The fraction of sp³-hybridized carbons (Fsp3) is 0.455. The monoisotopic (exact) mass is 409 g/mol. The van der Waals surface area contributed by atoms with Gasteiger partial charge in [-0.3, -0.25) is 0 Å². The first-order valence-corrected chi connectivity index (χ1v) is 10.5. The topological polar surface area (TPSA) is 113 Å². The van der Waals surface area contributed by atoms with Crippen LogP contribution in [0, 0.1) is 0 Å². The van der Waals surface area contributed by atoms with Crippen LogP contribution < -0.4 is 5.32 Å². The van der Waals surface area contributed by atoms with Crippen LogP contribution in [0.2, 0.25) is 0 Å². The molecule has 0 bridgehead atoms. The van der Waals surface area contributed by atoms with Crippen LogP contribution in [0.3, 0.4) is 0 Å². The number of aliphatic hydroxyl groups is 1. The SMILES string of the molecule is CC[C@H](C)Nc1ncc2c(-c3ccc(C(=O)O)nc3)cc(C3CCC(O)CC3)n2n1. The van der Waals surface area contributed by atoms with Gasteiger partial charge in [0.2, 0.25) is 5.95 Å². The van der Waals surface area contributed by atoms with Crippen LogP contribution in [-0.2, 0) is 0 Å². The van der Waals surface area contributed by atoms with Crippen LogP contribution >= 0.6 is 0 Å². The summed E-state index contributed by atoms with van der Waals surface area (Å²) >= 11 is 0. The molecule has 8 nitrogen and oxygen atoms in total. The van der Waals surface area contributed by atoms with Crippen molar-refractivity contribution in [3.63, 3.8) is 0 Å². The number of nitrogens with one attached hydrogen (secondary N) is 1. The fourth-order valence-electron chi connectivity index (χ4n) is 3.98. The number of hydrogen-bond acceptors (Lipinski definition) is 6. The molecule has 1 aliphatic carbocycles. The zero-order chi connectivity index (χ0) is 21.3. The van der Waals surface area contributed by atoms with Crippen LogP contribution in [0.5, 0.6) is 0 Å². The Morgan fingerprint density at radius 3 is 2.63 bits per heavy atom.